The molecule has 4 rings (SSSR count). The summed E-state index contributed by atoms with van der Waals surface area (Å²) in [4.78, 5) is 12.8. The highest BCUT2D eigenvalue weighted by atomic mass is 16.5. The molecule has 0 aliphatic heterocycles. The van der Waals surface area contributed by atoms with Gasteiger partial charge in [0.1, 0.15) is 29.4 Å². The number of para-hydroxylation sites is 1. The van der Waals surface area contributed by atoms with Crippen molar-refractivity contribution in [1.82, 2.24) is 14.9 Å². The Balaban J connectivity index is 1.68. The van der Waals surface area contributed by atoms with E-state index >= 15 is 0 Å². The highest BCUT2D eigenvalue weighted by Gasteiger charge is 2.23. The molecule has 142 valence electrons. The minimum atomic E-state index is -0.494. The lowest BCUT2D eigenvalue weighted by molar-refractivity contribution is 0.0471. The molecular formula is C21H19N3O4. The Morgan fingerprint density at radius 2 is 1.89 bits per heavy atom. The molecule has 7 heteroatoms. The van der Waals surface area contributed by atoms with Crippen LogP contribution in [0.1, 0.15) is 33.1 Å². The first-order chi connectivity index (χ1) is 13.5. The van der Waals surface area contributed by atoms with E-state index in [0.29, 0.717) is 28.5 Å². The number of carbonyl (C=O) groups excluding carboxylic acids is 1. The third-order valence-corrected chi connectivity index (χ3v) is 4.46. The molecular weight excluding hydrogens is 358 g/mol. The molecule has 0 amide bonds. The van der Waals surface area contributed by atoms with Crippen LogP contribution in [0.5, 0.6) is 0 Å². The van der Waals surface area contributed by atoms with Crippen molar-refractivity contribution in [3.63, 3.8) is 0 Å². The van der Waals surface area contributed by atoms with E-state index in [0.717, 1.165) is 17.0 Å². The fourth-order valence-electron chi connectivity index (χ4n) is 2.90. The van der Waals surface area contributed by atoms with Crippen LogP contribution in [0.3, 0.4) is 0 Å². The van der Waals surface area contributed by atoms with E-state index in [9.17, 15) is 4.79 Å². The largest absolute Gasteiger partial charge is 0.460 e. The lowest BCUT2D eigenvalue weighted by Crippen LogP contribution is -2.06. The van der Waals surface area contributed by atoms with E-state index in [1.807, 2.05) is 50.2 Å². The number of carbonyl (C=O) groups is 1. The molecule has 7 nitrogen and oxygen atoms in total. The van der Waals surface area contributed by atoms with Gasteiger partial charge in [-0.1, -0.05) is 23.4 Å². The Kier molecular flexibility index (Phi) is 4.57. The van der Waals surface area contributed by atoms with E-state index in [1.54, 1.807) is 23.9 Å². The number of aryl methyl sites for hydroxylation is 3. The number of hydrogen-bond acceptors (Lipinski definition) is 6. The lowest BCUT2D eigenvalue weighted by atomic mass is 10.2. The van der Waals surface area contributed by atoms with Crippen molar-refractivity contribution in [2.24, 2.45) is 0 Å². The molecule has 0 aliphatic carbocycles. The average Bonchev–Trinajstić information content (AvgIpc) is 3.40. The Labute approximate surface area is 161 Å². The molecule has 3 aromatic heterocycles. The summed E-state index contributed by atoms with van der Waals surface area (Å²) in [6.07, 6.45) is 1.65. The Morgan fingerprint density at radius 1 is 1.11 bits per heavy atom. The third kappa shape index (κ3) is 3.34. The molecule has 0 saturated heterocycles. The molecule has 0 N–H and O–H groups in total. The lowest BCUT2D eigenvalue weighted by Gasteiger charge is -2.04. The van der Waals surface area contributed by atoms with Gasteiger partial charge in [-0.3, -0.25) is 0 Å². The number of benzene rings is 1. The topological polar surface area (TPSA) is 83.3 Å². The minimum absolute atomic E-state index is 0.0765. The van der Waals surface area contributed by atoms with Gasteiger partial charge in [0.05, 0.1) is 16.9 Å². The van der Waals surface area contributed by atoms with Crippen molar-refractivity contribution < 1.29 is 18.5 Å². The second-order valence-corrected chi connectivity index (χ2v) is 6.46. The standard InChI is InChI=1S/C21H19N3O4/c1-13-9-10-19(27-13)20-17(11-24(22-20)16-7-5-4-6-8-16)21(25)26-12-18-14(2)23-28-15(18)3/h4-11H,12H2,1-3H3. The third-order valence-electron chi connectivity index (χ3n) is 4.46. The zero-order valence-corrected chi connectivity index (χ0v) is 15.8. The molecule has 0 aliphatic rings. The van der Waals surface area contributed by atoms with Crippen molar-refractivity contribution in [2.45, 2.75) is 27.4 Å². The van der Waals surface area contributed by atoms with Gasteiger partial charge in [-0.25, -0.2) is 9.48 Å². The summed E-state index contributed by atoms with van der Waals surface area (Å²) in [6, 6.07) is 13.2. The first-order valence-electron chi connectivity index (χ1n) is 8.83. The Morgan fingerprint density at radius 3 is 2.54 bits per heavy atom. The number of esters is 1. The van der Waals surface area contributed by atoms with E-state index in [2.05, 4.69) is 10.3 Å². The van der Waals surface area contributed by atoms with Crippen LogP contribution in [-0.2, 0) is 11.3 Å². The molecule has 0 spiro atoms. The minimum Gasteiger partial charge on any atom is -0.460 e. The molecule has 28 heavy (non-hydrogen) atoms. The van der Waals surface area contributed by atoms with Gasteiger partial charge in [0.25, 0.3) is 0 Å². The molecule has 3 heterocycles. The first kappa shape index (κ1) is 17.8. The van der Waals surface area contributed by atoms with Crippen LogP contribution in [-0.4, -0.2) is 20.9 Å². The second-order valence-electron chi connectivity index (χ2n) is 6.46. The number of nitrogens with zero attached hydrogens (tertiary/aromatic N) is 3. The van der Waals surface area contributed by atoms with Crippen molar-refractivity contribution in [2.75, 3.05) is 0 Å². The predicted octanol–water partition coefficient (Wildman–Crippen LogP) is 4.40. The Bertz CT molecular complexity index is 1100. The van der Waals surface area contributed by atoms with E-state index in [-0.39, 0.29) is 6.61 Å². The van der Waals surface area contributed by atoms with Crippen LogP contribution < -0.4 is 0 Å². The molecule has 0 radical (unpaired) electrons. The number of aromatic nitrogens is 3. The molecule has 0 atom stereocenters. The quantitative estimate of drug-likeness (QED) is 0.479. The summed E-state index contributed by atoms with van der Waals surface area (Å²) < 4.78 is 18.0. The van der Waals surface area contributed by atoms with E-state index in [1.165, 1.54) is 0 Å². The van der Waals surface area contributed by atoms with Gasteiger partial charge in [-0.2, -0.15) is 5.10 Å². The highest BCUT2D eigenvalue weighted by Crippen LogP contribution is 2.27. The molecule has 0 fully saturated rings. The van der Waals surface area contributed by atoms with Crippen LogP contribution in [0, 0.1) is 20.8 Å². The summed E-state index contributed by atoms with van der Waals surface area (Å²) in [5.41, 5.74) is 3.05. The first-order valence-corrected chi connectivity index (χ1v) is 8.83. The van der Waals surface area contributed by atoms with Gasteiger partial charge in [-0.05, 0) is 45.0 Å². The van der Waals surface area contributed by atoms with Gasteiger partial charge in [0, 0.05) is 6.20 Å². The Hall–Kier alpha value is -3.61. The van der Waals surface area contributed by atoms with E-state index in [4.69, 9.17) is 13.7 Å². The predicted molar refractivity (Wildman–Crippen MR) is 101 cm³/mol. The maximum Gasteiger partial charge on any atom is 0.342 e. The van der Waals surface area contributed by atoms with Crippen molar-refractivity contribution in [1.29, 1.82) is 0 Å². The van der Waals surface area contributed by atoms with Crippen LogP contribution in [0.15, 0.2) is 57.6 Å². The zero-order chi connectivity index (χ0) is 19.7. The molecule has 0 saturated carbocycles. The maximum absolute atomic E-state index is 12.8. The summed E-state index contributed by atoms with van der Waals surface area (Å²) in [6.45, 7) is 5.51. The number of ether oxygens (including phenoxy) is 1. The molecule has 0 bridgehead atoms. The molecule has 1 aromatic carbocycles. The van der Waals surface area contributed by atoms with E-state index < -0.39 is 5.97 Å². The average molecular weight is 377 g/mol. The van der Waals surface area contributed by atoms with Crippen molar-refractivity contribution in [3.8, 4) is 17.1 Å². The summed E-state index contributed by atoms with van der Waals surface area (Å²) in [5.74, 6) is 1.38. The van der Waals surface area contributed by atoms with Crippen molar-refractivity contribution in [3.05, 3.63) is 77.0 Å². The van der Waals surface area contributed by atoms with Gasteiger partial charge < -0.3 is 13.7 Å². The SMILES string of the molecule is Cc1ccc(-c2nn(-c3ccccc3)cc2C(=O)OCc2c(C)noc2C)o1. The number of furan rings is 1. The summed E-state index contributed by atoms with van der Waals surface area (Å²) in [5, 5.41) is 8.44. The fourth-order valence-corrected chi connectivity index (χ4v) is 2.90. The number of hydrogen-bond donors (Lipinski definition) is 0. The fraction of sp³-hybridized carbons (Fsp3) is 0.190. The summed E-state index contributed by atoms with van der Waals surface area (Å²) in [7, 11) is 0. The normalized spacial score (nSPS) is 11.0. The van der Waals surface area contributed by atoms with Crippen LogP contribution in [0.4, 0.5) is 0 Å². The van der Waals surface area contributed by atoms with Gasteiger partial charge in [0.2, 0.25) is 0 Å². The van der Waals surface area contributed by atoms with Gasteiger partial charge in [0.15, 0.2) is 5.76 Å². The van der Waals surface area contributed by atoms with Gasteiger partial charge >= 0.3 is 5.97 Å². The zero-order valence-electron chi connectivity index (χ0n) is 15.8. The van der Waals surface area contributed by atoms with Crippen LogP contribution in [0.2, 0.25) is 0 Å². The van der Waals surface area contributed by atoms with Crippen LogP contribution in [0.25, 0.3) is 17.1 Å². The monoisotopic (exact) mass is 377 g/mol. The second kappa shape index (κ2) is 7.19. The highest BCUT2D eigenvalue weighted by molar-refractivity contribution is 5.95. The van der Waals surface area contributed by atoms with Gasteiger partial charge in [-0.15, -0.1) is 0 Å². The molecule has 4 aromatic rings. The number of rotatable bonds is 5. The summed E-state index contributed by atoms with van der Waals surface area (Å²) >= 11 is 0. The maximum atomic E-state index is 12.8. The smallest absolute Gasteiger partial charge is 0.342 e. The van der Waals surface area contributed by atoms with Crippen LogP contribution >= 0.6 is 0 Å². The molecule has 0 unspecified atom stereocenters. The van der Waals surface area contributed by atoms with Crippen molar-refractivity contribution >= 4 is 5.97 Å².